The quantitative estimate of drug-likeness (QED) is 0.118. The first-order valence-corrected chi connectivity index (χ1v) is 12.4. The Labute approximate surface area is 236 Å². The minimum Gasteiger partial charge on any atom is -0.462 e. The van der Waals surface area contributed by atoms with E-state index in [1.807, 2.05) is 13.8 Å². The summed E-state index contributed by atoms with van der Waals surface area (Å²) >= 11 is 0. The number of non-ortho nitro benzene ring substituents is 1. The second-order valence-corrected chi connectivity index (χ2v) is 8.98. The Hall–Kier alpha value is -4.88. The molecular formula is C27H32N4O10. The van der Waals surface area contributed by atoms with Crippen LogP contribution in [0.4, 0.5) is 22.7 Å². The van der Waals surface area contributed by atoms with Crippen LogP contribution in [0.5, 0.6) is 0 Å². The summed E-state index contributed by atoms with van der Waals surface area (Å²) in [7, 11) is 0. The van der Waals surface area contributed by atoms with E-state index < -0.39 is 53.7 Å². The second-order valence-electron chi connectivity index (χ2n) is 8.98. The van der Waals surface area contributed by atoms with Gasteiger partial charge in [0.2, 0.25) is 0 Å². The van der Waals surface area contributed by atoms with Crippen molar-refractivity contribution in [2.45, 2.75) is 59.9 Å². The molecule has 41 heavy (non-hydrogen) atoms. The molecule has 0 fully saturated rings. The van der Waals surface area contributed by atoms with E-state index >= 15 is 0 Å². The van der Waals surface area contributed by atoms with Crippen molar-refractivity contribution in [2.24, 2.45) is 10.2 Å². The van der Waals surface area contributed by atoms with Gasteiger partial charge in [-0.3, -0.25) is 29.3 Å². The Bertz CT molecular complexity index is 1310. The van der Waals surface area contributed by atoms with Crippen LogP contribution in [0.1, 0.15) is 38.8 Å². The van der Waals surface area contributed by atoms with E-state index in [1.165, 1.54) is 24.3 Å². The molecule has 14 heteroatoms. The number of nitrogens with one attached hydrogen (secondary N) is 1. The van der Waals surface area contributed by atoms with Gasteiger partial charge in [-0.05, 0) is 49.2 Å². The molecule has 0 heterocycles. The molecule has 0 amide bonds. The number of aryl methyl sites for hydroxylation is 2. The lowest BCUT2D eigenvalue weighted by Crippen LogP contribution is -2.50. The van der Waals surface area contributed by atoms with Gasteiger partial charge in [-0.25, -0.2) is 0 Å². The number of ether oxygens (including phenoxy) is 4. The molecule has 3 atom stereocenters. The number of hydrogen-bond donors (Lipinski definition) is 1. The number of nitro groups is 1. The van der Waals surface area contributed by atoms with E-state index in [9.17, 15) is 29.3 Å². The van der Waals surface area contributed by atoms with E-state index in [1.54, 1.807) is 12.1 Å². The Balaban J connectivity index is 2.41. The standard InChI is InChI=1S/C27H32N4O10/c1-15-11-23(24(12-16(15)2)30-29-21-7-9-22(10-8-21)31(36)37)28-13-25(39-18(4)33)27(41-20(6)35)26(40-19(5)34)14-38-17(3)32/h7-12,25-28H,13-14H2,1-6H3. The Morgan fingerprint density at radius 2 is 1.39 bits per heavy atom. The SMILES string of the molecule is CC(=O)OCC(OC(C)=O)C(OC(C)=O)C(CNc1cc(C)c(C)cc1N=Nc1ccc([N+](=O)[O-])cc1)OC(C)=O. The zero-order valence-electron chi connectivity index (χ0n) is 23.5. The van der Waals surface area contributed by atoms with E-state index in [0.29, 0.717) is 17.1 Å². The third-order valence-corrected chi connectivity index (χ3v) is 5.56. The Kier molecular flexibility index (Phi) is 11.9. The molecule has 2 rings (SSSR count). The molecule has 220 valence electrons. The predicted octanol–water partition coefficient (Wildman–Crippen LogP) is 4.40. The highest BCUT2D eigenvalue weighted by Gasteiger charge is 2.38. The number of nitrogens with zero attached hydrogens (tertiary/aromatic N) is 3. The highest BCUT2D eigenvalue weighted by Crippen LogP contribution is 2.31. The van der Waals surface area contributed by atoms with Crippen LogP contribution in [-0.4, -0.2) is 60.3 Å². The first-order valence-electron chi connectivity index (χ1n) is 12.4. The van der Waals surface area contributed by atoms with Crippen molar-refractivity contribution < 1.29 is 43.0 Å². The molecule has 0 saturated heterocycles. The zero-order valence-corrected chi connectivity index (χ0v) is 23.5. The molecule has 3 unspecified atom stereocenters. The molecule has 2 aromatic carbocycles. The number of hydrogen-bond acceptors (Lipinski definition) is 13. The van der Waals surface area contributed by atoms with Gasteiger partial charge in [0, 0.05) is 39.8 Å². The van der Waals surface area contributed by atoms with Crippen LogP contribution in [0.25, 0.3) is 0 Å². The average molecular weight is 573 g/mol. The highest BCUT2D eigenvalue weighted by atomic mass is 16.6. The van der Waals surface area contributed by atoms with Crippen LogP contribution in [0.15, 0.2) is 46.6 Å². The normalized spacial score (nSPS) is 13.0. The summed E-state index contributed by atoms with van der Waals surface area (Å²) in [6.45, 7) is 7.72. The van der Waals surface area contributed by atoms with Crippen molar-refractivity contribution >= 4 is 46.6 Å². The van der Waals surface area contributed by atoms with Crippen molar-refractivity contribution in [3.63, 3.8) is 0 Å². The van der Waals surface area contributed by atoms with Crippen LogP contribution in [0.2, 0.25) is 0 Å². The van der Waals surface area contributed by atoms with Crippen molar-refractivity contribution in [3.05, 3.63) is 57.6 Å². The predicted molar refractivity (Wildman–Crippen MR) is 145 cm³/mol. The first kappa shape index (κ1) is 32.3. The minimum atomic E-state index is -1.34. The van der Waals surface area contributed by atoms with Crippen molar-refractivity contribution in [3.8, 4) is 0 Å². The third kappa shape index (κ3) is 10.7. The monoisotopic (exact) mass is 572 g/mol. The molecule has 0 spiro atoms. The second kappa shape index (κ2) is 15.1. The summed E-state index contributed by atoms with van der Waals surface area (Å²) in [5.41, 5.74) is 2.96. The van der Waals surface area contributed by atoms with E-state index in [-0.39, 0.29) is 12.2 Å². The largest absolute Gasteiger partial charge is 0.462 e. The molecule has 0 aliphatic rings. The lowest BCUT2D eigenvalue weighted by Gasteiger charge is -2.32. The lowest BCUT2D eigenvalue weighted by molar-refractivity contribution is -0.384. The maximum atomic E-state index is 12.0. The Morgan fingerprint density at radius 1 is 0.829 bits per heavy atom. The van der Waals surface area contributed by atoms with Crippen LogP contribution in [0.3, 0.4) is 0 Å². The molecule has 2 aromatic rings. The van der Waals surface area contributed by atoms with Crippen LogP contribution in [0, 0.1) is 24.0 Å². The highest BCUT2D eigenvalue weighted by molar-refractivity contribution is 5.70. The number of anilines is 1. The van der Waals surface area contributed by atoms with Gasteiger partial charge in [0.1, 0.15) is 12.3 Å². The summed E-state index contributed by atoms with van der Waals surface area (Å²) < 4.78 is 21.1. The number of esters is 4. The van der Waals surface area contributed by atoms with E-state index in [2.05, 4.69) is 15.5 Å². The van der Waals surface area contributed by atoms with Gasteiger partial charge in [0.25, 0.3) is 5.69 Å². The molecule has 0 radical (unpaired) electrons. The minimum absolute atomic E-state index is 0.0860. The number of nitro benzene ring substituents is 1. The number of benzene rings is 2. The summed E-state index contributed by atoms with van der Waals surface area (Å²) in [6.07, 6.45) is -3.83. The number of azo groups is 1. The fraction of sp³-hybridized carbons (Fsp3) is 0.407. The van der Waals surface area contributed by atoms with Gasteiger partial charge in [0.15, 0.2) is 18.3 Å². The van der Waals surface area contributed by atoms with Crippen LogP contribution < -0.4 is 5.32 Å². The van der Waals surface area contributed by atoms with Gasteiger partial charge < -0.3 is 24.3 Å². The van der Waals surface area contributed by atoms with Gasteiger partial charge in [-0.15, -0.1) is 5.11 Å². The van der Waals surface area contributed by atoms with Crippen LogP contribution >= 0.6 is 0 Å². The van der Waals surface area contributed by atoms with E-state index in [0.717, 1.165) is 38.8 Å². The summed E-state index contributed by atoms with van der Waals surface area (Å²) in [4.78, 5) is 57.6. The van der Waals surface area contributed by atoms with Gasteiger partial charge in [0.05, 0.1) is 22.8 Å². The van der Waals surface area contributed by atoms with Crippen molar-refractivity contribution in [2.75, 3.05) is 18.5 Å². The summed E-state index contributed by atoms with van der Waals surface area (Å²) in [6, 6.07) is 9.07. The van der Waals surface area contributed by atoms with Gasteiger partial charge in [-0.2, -0.15) is 5.11 Å². The first-order chi connectivity index (χ1) is 19.3. The maximum absolute atomic E-state index is 12.0. The molecule has 0 aliphatic carbocycles. The Morgan fingerprint density at radius 3 is 1.93 bits per heavy atom. The summed E-state index contributed by atoms with van der Waals surface area (Å²) in [5.74, 6) is -2.86. The van der Waals surface area contributed by atoms with E-state index in [4.69, 9.17) is 18.9 Å². The topological polar surface area (TPSA) is 185 Å². The fourth-order valence-electron chi connectivity index (χ4n) is 3.62. The van der Waals surface area contributed by atoms with Crippen molar-refractivity contribution in [1.29, 1.82) is 0 Å². The smallest absolute Gasteiger partial charge is 0.303 e. The molecule has 14 nitrogen and oxygen atoms in total. The maximum Gasteiger partial charge on any atom is 0.303 e. The molecule has 1 N–H and O–H groups in total. The number of carbonyl (C=O) groups excluding carboxylic acids is 4. The third-order valence-electron chi connectivity index (χ3n) is 5.56. The lowest BCUT2D eigenvalue weighted by atomic mass is 10.1. The fourth-order valence-corrected chi connectivity index (χ4v) is 3.62. The molecular weight excluding hydrogens is 540 g/mol. The molecule has 0 aliphatic heterocycles. The average Bonchev–Trinajstić information content (AvgIpc) is 2.88. The summed E-state index contributed by atoms with van der Waals surface area (Å²) in [5, 5.41) is 22.5. The van der Waals surface area contributed by atoms with Gasteiger partial charge >= 0.3 is 23.9 Å². The number of carbonyl (C=O) groups is 4. The zero-order chi connectivity index (χ0) is 30.7. The van der Waals surface area contributed by atoms with Crippen molar-refractivity contribution in [1.82, 2.24) is 0 Å². The molecule has 0 aromatic heterocycles. The van der Waals surface area contributed by atoms with Crippen LogP contribution in [-0.2, 0) is 38.1 Å². The molecule has 0 saturated carbocycles. The number of rotatable bonds is 13. The molecule has 0 bridgehead atoms. The van der Waals surface area contributed by atoms with Gasteiger partial charge in [-0.1, -0.05) is 0 Å².